The lowest BCUT2D eigenvalue weighted by Crippen LogP contribution is -2.43. The molecular formula is C30H31ClN4O2. The summed E-state index contributed by atoms with van der Waals surface area (Å²) in [5, 5.41) is 4.82. The van der Waals surface area contributed by atoms with E-state index in [1.165, 1.54) is 5.56 Å². The molecule has 0 saturated carbocycles. The van der Waals surface area contributed by atoms with E-state index in [0.29, 0.717) is 49.7 Å². The van der Waals surface area contributed by atoms with Crippen LogP contribution in [-0.2, 0) is 17.8 Å². The van der Waals surface area contributed by atoms with Crippen molar-refractivity contribution in [2.75, 3.05) is 19.6 Å². The van der Waals surface area contributed by atoms with Crippen LogP contribution in [0.2, 0.25) is 5.02 Å². The minimum absolute atomic E-state index is 0.0152. The number of carbonyl (C=O) groups excluding carboxylic acids is 2. The lowest BCUT2D eigenvalue weighted by Gasteiger charge is -2.31. The number of carbonyl (C=O) groups is 2. The fourth-order valence-electron chi connectivity index (χ4n) is 5.03. The van der Waals surface area contributed by atoms with Gasteiger partial charge in [-0.05, 0) is 73.2 Å². The molecule has 2 aromatic carbocycles. The summed E-state index contributed by atoms with van der Waals surface area (Å²) in [7, 11) is 0. The van der Waals surface area contributed by atoms with Crippen molar-refractivity contribution in [3.05, 3.63) is 101 Å². The van der Waals surface area contributed by atoms with Crippen molar-refractivity contribution in [3.8, 4) is 0 Å². The van der Waals surface area contributed by atoms with Gasteiger partial charge in [0.15, 0.2) is 0 Å². The van der Waals surface area contributed by atoms with Crippen LogP contribution >= 0.6 is 11.6 Å². The maximum Gasteiger partial charge on any atom is 0.270 e. The predicted molar refractivity (Wildman–Crippen MR) is 147 cm³/mol. The molecule has 6 nitrogen and oxygen atoms in total. The second kappa shape index (κ2) is 11.6. The number of fused-ring (bicyclic) bond motifs is 1. The highest BCUT2D eigenvalue weighted by atomic mass is 35.5. The van der Waals surface area contributed by atoms with Gasteiger partial charge in [-0.25, -0.2) is 0 Å². The smallest absolute Gasteiger partial charge is 0.270 e. The van der Waals surface area contributed by atoms with Gasteiger partial charge in [0, 0.05) is 60.4 Å². The third-order valence-corrected chi connectivity index (χ3v) is 7.38. The number of aryl methyl sites for hydroxylation is 1. The predicted octanol–water partition coefficient (Wildman–Crippen LogP) is 5.34. The van der Waals surface area contributed by atoms with Crippen LogP contribution in [0.15, 0.2) is 79.1 Å². The monoisotopic (exact) mass is 514 g/mol. The second-order valence-electron chi connectivity index (χ2n) is 9.62. The summed E-state index contributed by atoms with van der Waals surface area (Å²) in [6.07, 6.45) is 6.75. The molecule has 0 bridgehead atoms. The van der Waals surface area contributed by atoms with Crippen molar-refractivity contribution in [3.63, 3.8) is 0 Å². The summed E-state index contributed by atoms with van der Waals surface area (Å²) in [4.78, 5) is 32.3. The van der Waals surface area contributed by atoms with Crippen LogP contribution in [0.5, 0.6) is 0 Å². The number of aromatic nitrogens is 2. The molecule has 4 aromatic rings. The third-order valence-electron chi connectivity index (χ3n) is 7.13. The van der Waals surface area contributed by atoms with Gasteiger partial charge in [-0.1, -0.05) is 41.9 Å². The van der Waals surface area contributed by atoms with Crippen molar-refractivity contribution in [2.24, 2.45) is 5.92 Å². The molecule has 3 heterocycles. The number of nitrogens with zero attached hydrogens (tertiary/aromatic N) is 3. The Bertz CT molecular complexity index is 1360. The molecule has 2 aromatic heterocycles. The molecule has 0 atom stereocenters. The fourth-order valence-corrected chi connectivity index (χ4v) is 5.16. The van der Waals surface area contributed by atoms with E-state index in [0.717, 1.165) is 29.3 Å². The van der Waals surface area contributed by atoms with Gasteiger partial charge in [0.2, 0.25) is 5.91 Å². The fraction of sp³-hybridized carbons (Fsp3) is 0.300. The van der Waals surface area contributed by atoms with E-state index in [-0.39, 0.29) is 17.7 Å². The standard InChI is InChI=1S/C30H31ClN4O2/c31-26-9-7-23(8-10-26)21-35-27-6-2-1-5-25(27)20-28(35)30(37)34-18-13-24(14-19-34)29(36)33-15-3-4-22-11-16-32-17-12-22/h1-2,5-12,16-17,20,24H,3-4,13-15,18-19,21H2,(H,33,36). The maximum atomic E-state index is 13.6. The minimum atomic E-state index is -0.0510. The number of halogens is 1. The second-order valence-corrected chi connectivity index (χ2v) is 10.1. The SMILES string of the molecule is O=C(NCCCc1ccncc1)C1CCN(C(=O)c2cc3ccccc3n2Cc2ccc(Cl)cc2)CC1. The molecule has 2 amide bonds. The molecule has 7 heteroatoms. The van der Waals surface area contributed by atoms with Crippen LogP contribution < -0.4 is 5.32 Å². The lowest BCUT2D eigenvalue weighted by atomic mass is 9.95. The van der Waals surface area contributed by atoms with E-state index >= 15 is 0 Å². The lowest BCUT2D eigenvalue weighted by molar-refractivity contribution is -0.126. The van der Waals surface area contributed by atoms with Crippen molar-refractivity contribution in [1.82, 2.24) is 19.8 Å². The molecule has 37 heavy (non-hydrogen) atoms. The molecule has 0 radical (unpaired) electrons. The van der Waals surface area contributed by atoms with E-state index in [1.807, 2.05) is 71.6 Å². The van der Waals surface area contributed by atoms with Crippen LogP contribution in [-0.4, -0.2) is 45.9 Å². The molecule has 1 saturated heterocycles. The zero-order valence-corrected chi connectivity index (χ0v) is 21.5. The number of benzene rings is 2. The number of nitrogens with one attached hydrogen (secondary N) is 1. The number of piperidine rings is 1. The van der Waals surface area contributed by atoms with Crippen molar-refractivity contribution < 1.29 is 9.59 Å². The van der Waals surface area contributed by atoms with Gasteiger partial charge in [0.1, 0.15) is 5.69 Å². The Morgan fingerprint density at radius 3 is 2.43 bits per heavy atom. The Morgan fingerprint density at radius 2 is 1.68 bits per heavy atom. The topological polar surface area (TPSA) is 67.2 Å². The number of hydrogen-bond acceptors (Lipinski definition) is 3. The average Bonchev–Trinajstić information content (AvgIpc) is 3.30. The van der Waals surface area contributed by atoms with E-state index in [1.54, 1.807) is 12.4 Å². The summed E-state index contributed by atoms with van der Waals surface area (Å²) in [5.41, 5.74) is 4.01. The van der Waals surface area contributed by atoms with Crippen LogP contribution in [0.3, 0.4) is 0 Å². The first kappa shape index (κ1) is 25.0. The van der Waals surface area contributed by atoms with Gasteiger partial charge in [-0.15, -0.1) is 0 Å². The van der Waals surface area contributed by atoms with Crippen LogP contribution in [0.25, 0.3) is 10.9 Å². The Morgan fingerprint density at radius 1 is 0.946 bits per heavy atom. The number of rotatable bonds is 8. The normalized spacial score (nSPS) is 14.1. The highest BCUT2D eigenvalue weighted by Gasteiger charge is 2.29. The summed E-state index contributed by atoms with van der Waals surface area (Å²) >= 11 is 6.07. The number of amides is 2. The van der Waals surface area contributed by atoms with E-state index in [4.69, 9.17) is 11.6 Å². The molecule has 0 unspecified atom stereocenters. The molecule has 1 N–H and O–H groups in total. The van der Waals surface area contributed by atoms with Crippen molar-refractivity contribution in [2.45, 2.75) is 32.2 Å². The van der Waals surface area contributed by atoms with Gasteiger partial charge in [0.25, 0.3) is 5.91 Å². The third kappa shape index (κ3) is 6.03. The average molecular weight is 515 g/mol. The van der Waals surface area contributed by atoms with E-state index in [2.05, 4.69) is 14.9 Å². The molecule has 5 rings (SSSR count). The highest BCUT2D eigenvalue weighted by Crippen LogP contribution is 2.25. The number of hydrogen-bond donors (Lipinski definition) is 1. The summed E-state index contributed by atoms with van der Waals surface area (Å²) in [6, 6.07) is 21.8. The van der Waals surface area contributed by atoms with Crippen LogP contribution in [0.4, 0.5) is 0 Å². The molecule has 1 fully saturated rings. The first-order valence-corrected chi connectivity index (χ1v) is 13.2. The van der Waals surface area contributed by atoms with Crippen molar-refractivity contribution >= 4 is 34.3 Å². The number of likely N-dealkylation sites (tertiary alicyclic amines) is 1. The first-order valence-electron chi connectivity index (χ1n) is 12.9. The zero-order valence-electron chi connectivity index (χ0n) is 20.8. The molecule has 0 aliphatic carbocycles. The Balaban J connectivity index is 1.19. The van der Waals surface area contributed by atoms with Gasteiger partial charge < -0.3 is 14.8 Å². The molecular weight excluding hydrogens is 484 g/mol. The van der Waals surface area contributed by atoms with Gasteiger partial charge in [0.05, 0.1) is 0 Å². The van der Waals surface area contributed by atoms with Gasteiger partial charge in [-0.2, -0.15) is 0 Å². The minimum Gasteiger partial charge on any atom is -0.356 e. The van der Waals surface area contributed by atoms with Crippen LogP contribution in [0, 0.1) is 5.92 Å². The summed E-state index contributed by atoms with van der Waals surface area (Å²) < 4.78 is 2.09. The molecule has 1 aliphatic heterocycles. The van der Waals surface area contributed by atoms with Gasteiger partial charge >= 0.3 is 0 Å². The van der Waals surface area contributed by atoms with Crippen LogP contribution in [0.1, 0.15) is 40.9 Å². The quantitative estimate of drug-likeness (QED) is 0.323. The maximum absolute atomic E-state index is 13.6. The first-order chi connectivity index (χ1) is 18.1. The van der Waals surface area contributed by atoms with E-state index in [9.17, 15) is 9.59 Å². The Kier molecular flexibility index (Phi) is 7.85. The molecule has 0 spiro atoms. The number of pyridine rings is 1. The zero-order chi connectivity index (χ0) is 25.6. The number of para-hydroxylation sites is 1. The molecule has 1 aliphatic rings. The largest absolute Gasteiger partial charge is 0.356 e. The summed E-state index contributed by atoms with van der Waals surface area (Å²) in [5.74, 6) is 0.0601. The Labute approximate surface area is 222 Å². The van der Waals surface area contributed by atoms with E-state index < -0.39 is 0 Å². The highest BCUT2D eigenvalue weighted by molar-refractivity contribution is 6.30. The molecule has 190 valence electrons. The van der Waals surface area contributed by atoms with Crippen molar-refractivity contribution in [1.29, 1.82) is 0 Å². The van der Waals surface area contributed by atoms with Gasteiger partial charge in [-0.3, -0.25) is 14.6 Å². The summed E-state index contributed by atoms with van der Waals surface area (Å²) in [6.45, 7) is 2.40. The Hall–Kier alpha value is -3.64.